The van der Waals surface area contributed by atoms with E-state index >= 15 is 0 Å². The van der Waals surface area contributed by atoms with Gasteiger partial charge in [0, 0.05) is 35.7 Å². The molecule has 10 nitrogen and oxygen atoms in total. The third kappa shape index (κ3) is 4.42. The fraction of sp³-hybridized carbons (Fsp3) is 0.118. The number of nitro benzene ring substituents is 2. The molecule has 1 heterocycles. The maximum absolute atomic E-state index is 13.6. The number of nitrogens with one attached hydrogen (secondary N) is 2. The van der Waals surface area contributed by atoms with E-state index in [0.717, 1.165) is 30.3 Å². The summed E-state index contributed by atoms with van der Waals surface area (Å²) in [6.45, 7) is 0. The van der Waals surface area contributed by atoms with Crippen LogP contribution in [0.5, 0.6) is 0 Å². The van der Waals surface area contributed by atoms with E-state index < -0.39 is 44.7 Å². The van der Waals surface area contributed by atoms with Crippen LogP contribution in [-0.4, -0.2) is 22.2 Å². The summed E-state index contributed by atoms with van der Waals surface area (Å²) < 4.78 is 54.0. The molecule has 31 heavy (non-hydrogen) atoms. The fourth-order valence-corrected chi connectivity index (χ4v) is 2.71. The minimum atomic E-state index is -4.89. The van der Waals surface area contributed by atoms with E-state index in [1.54, 1.807) is 0 Å². The van der Waals surface area contributed by atoms with Crippen LogP contribution in [-0.2, 0) is 5.79 Å². The second kappa shape index (κ2) is 7.64. The second-order valence-electron chi connectivity index (χ2n) is 6.29. The van der Waals surface area contributed by atoms with Crippen molar-refractivity contribution >= 4 is 23.3 Å². The molecule has 1 atom stereocenters. The monoisotopic (exact) mass is 440 g/mol. The van der Waals surface area contributed by atoms with E-state index in [-0.39, 0.29) is 16.9 Å². The molecule has 0 amide bonds. The largest absolute Gasteiger partial charge is 0.421 e. The number of halogens is 4. The number of benzene rings is 2. The van der Waals surface area contributed by atoms with Crippen molar-refractivity contribution in [3.8, 4) is 0 Å². The average molecular weight is 440 g/mol. The molecule has 1 aliphatic rings. The molecule has 3 rings (SSSR count). The lowest BCUT2D eigenvalue weighted by molar-refractivity contribution is -0.387. The molecule has 0 spiro atoms. The number of non-ortho nitro benzene ring substituents is 1. The number of rotatable bonds is 5. The Morgan fingerprint density at radius 3 is 2.42 bits per heavy atom. The van der Waals surface area contributed by atoms with Crippen LogP contribution in [0.1, 0.15) is 5.56 Å². The number of anilines is 1. The van der Waals surface area contributed by atoms with Crippen molar-refractivity contribution in [2.75, 3.05) is 5.32 Å². The molecule has 0 saturated heterocycles. The van der Waals surface area contributed by atoms with Crippen LogP contribution in [0.4, 0.5) is 34.6 Å². The topological polar surface area (TPSA) is 149 Å². The van der Waals surface area contributed by atoms with Crippen LogP contribution >= 0.6 is 0 Å². The first kappa shape index (κ1) is 21.6. The number of hydrogen-bond acceptors (Lipinski definition) is 8. The smallest absolute Gasteiger partial charge is 0.341 e. The Hall–Kier alpha value is -4.07. The van der Waals surface area contributed by atoms with Gasteiger partial charge in [0.05, 0.1) is 9.85 Å². The number of nitro groups is 2. The van der Waals surface area contributed by atoms with E-state index in [4.69, 9.17) is 5.73 Å². The molecule has 14 heteroatoms. The van der Waals surface area contributed by atoms with Crippen molar-refractivity contribution in [1.29, 1.82) is 0 Å². The van der Waals surface area contributed by atoms with Gasteiger partial charge in [0.15, 0.2) is 0 Å². The lowest BCUT2D eigenvalue weighted by Crippen LogP contribution is -2.53. The van der Waals surface area contributed by atoms with Gasteiger partial charge in [-0.1, -0.05) is 6.07 Å². The predicted molar refractivity (Wildman–Crippen MR) is 100 cm³/mol. The van der Waals surface area contributed by atoms with Crippen molar-refractivity contribution in [1.82, 2.24) is 5.32 Å². The molecule has 0 radical (unpaired) electrons. The minimum absolute atomic E-state index is 0.0683. The molecule has 0 fully saturated rings. The summed E-state index contributed by atoms with van der Waals surface area (Å²) in [5, 5.41) is 26.6. The van der Waals surface area contributed by atoms with Crippen LogP contribution in [0, 0.1) is 26.0 Å². The van der Waals surface area contributed by atoms with Gasteiger partial charge < -0.3 is 10.6 Å². The van der Waals surface area contributed by atoms with Gasteiger partial charge in [-0.3, -0.25) is 26.0 Å². The summed E-state index contributed by atoms with van der Waals surface area (Å²) in [7, 11) is 0. The molecular weight excluding hydrogens is 428 g/mol. The third-order valence-corrected chi connectivity index (χ3v) is 4.20. The van der Waals surface area contributed by atoms with E-state index in [1.165, 1.54) is 12.1 Å². The molecule has 4 N–H and O–H groups in total. The van der Waals surface area contributed by atoms with E-state index in [1.807, 2.05) is 0 Å². The number of hydrogen-bond donors (Lipinski definition) is 3. The van der Waals surface area contributed by atoms with Crippen LogP contribution in [0.2, 0.25) is 0 Å². The van der Waals surface area contributed by atoms with Crippen LogP contribution in [0.25, 0.3) is 0 Å². The van der Waals surface area contributed by atoms with Crippen molar-refractivity contribution in [2.45, 2.75) is 12.0 Å². The number of nitrogens with two attached hydrogens (primary N) is 1. The highest BCUT2D eigenvalue weighted by atomic mass is 19.4. The lowest BCUT2D eigenvalue weighted by Gasteiger charge is -2.34. The number of allylic oxidation sites excluding steroid dienone is 1. The number of nitrogens with zero attached hydrogens (tertiary/aromatic N) is 3. The maximum atomic E-state index is 13.6. The molecule has 0 aromatic heterocycles. The first-order chi connectivity index (χ1) is 14.4. The molecule has 0 saturated carbocycles. The van der Waals surface area contributed by atoms with Gasteiger partial charge in [0.2, 0.25) is 11.6 Å². The molecule has 1 aliphatic heterocycles. The average Bonchev–Trinajstić information content (AvgIpc) is 2.67. The highest BCUT2D eigenvalue weighted by molar-refractivity contribution is 5.84. The Bertz CT molecular complexity index is 1130. The van der Waals surface area contributed by atoms with Gasteiger partial charge in [0.1, 0.15) is 11.4 Å². The molecular formula is C17H12F4N6O4. The maximum Gasteiger partial charge on any atom is 0.421 e. The molecule has 0 aliphatic carbocycles. The first-order valence-electron chi connectivity index (χ1n) is 8.30. The van der Waals surface area contributed by atoms with Crippen LogP contribution in [0.3, 0.4) is 0 Å². The van der Waals surface area contributed by atoms with E-state index in [0.29, 0.717) is 6.21 Å². The third-order valence-electron chi connectivity index (χ3n) is 4.20. The second-order valence-corrected chi connectivity index (χ2v) is 6.29. The zero-order valence-electron chi connectivity index (χ0n) is 15.2. The molecule has 2 aromatic carbocycles. The van der Waals surface area contributed by atoms with Crippen molar-refractivity contribution in [2.24, 2.45) is 10.7 Å². The lowest BCUT2D eigenvalue weighted by atomic mass is 10.0. The summed E-state index contributed by atoms with van der Waals surface area (Å²) in [5.74, 6) is -4.01. The van der Waals surface area contributed by atoms with Crippen molar-refractivity contribution in [3.05, 3.63) is 85.5 Å². The Morgan fingerprint density at radius 1 is 1.10 bits per heavy atom. The van der Waals surface area contributed by atoms with Crippen LogP contribution in [0.15, 0.2) is 58.9 Å². The SMILES string of the molecule is NC1(c2ccc(F)c([N+](=O)[O-])c2)N=CC(C(F)(F)F)=C(Nc2cccc([N+](=O)[O-])c2)N1. The van der Waals surface area contributed by atoms with Crippen molar-refractivity contribution < 1.29 is 27.4 Å². The summed E-state index contributed by atoms with van der Waals surface area (Å²) in [6.07, 6.45) is -4.49. The van der Waals surface area contributed by atoms with E-state index in [2.05, 4.69) is 15.6 Å². The number of aliphatic imine (C=N–C) groups is 1. The van der Waals surface area contributed by atoms with Gasteiger partial charge in [-0.05, 0) is 18.2 Å². The van der Waals surface area contributed by atoms with E-state index in [9.17, 15) is 37.8 Å². The molecule has 1 unspecified atom stereocenters. The first-order valence-corrected chi connectivity index (χ1v) is 8.30. The highest BCUT2D eigenvalue weighted by Gasteiger charge is 2.42. The summed E-state index contributed by atoms with van der Waals surface area (Å²) >= 11 is 0. The highest BCUT2D eigenvalue weighted by Crippen LogP contribution is 2.33. The zero-order chi connectivity index (χ0) is 23.0. The summed E-state index contributed by atoms with van der Waals surface area (Å²) in [4.78, 5) is 23.8. The van der Waals surface area contributed by atoms with Gasteiger partial charge in [-0.15, -0.1) is 0 Å². The Morgan fingerprint density at radius 2 is 1.81 bits per heavy atom. The van der Waals surface area contributed by atoms with Gasteiger partial charge in [-0.2, -0.15) is 17.6 Å². The normalized spacial score (nSPS) is 18.5. The quantitative estimate of drug-likeness (QED) is 0.367. The Kier molecular flexibility index (Phi) is 5.33. The predicted octanol–water partition coefficient (Wildman–Crippen LogP) is 3.27. The van der Waals surface area contributed by atoms with Gasteiger partial charge in [0.25, 0.3) is 5.69 Å². The zero-order valence-corrected chi connectivity index (χ0v) is 15.2. The minimum Gasteiger partial charge on any atom is -0.341 e. The van der Waals surface area contributed by atoms with Crippen molar-refractivity contribution in [3.63, 3.8) is 0 Å². The summed E-state index contributed by atoms with van der Waals surface area (Å²) in [6, 6.07) is 7.17. The summed E-state index contributed by atoms with van der Waals surface area (Å²) in [5.41, 5.74) is 3.15. The Labute approximate surface area is 170 Å². The number of alkyl halides is 3. The van der Waals surface area contributed by atoms with Gasteiger partial charge >= 0.3 is 11.9 Å². The van der Waals surface area contributed by atoms with Gasteiger partial charge in [-0.25, -0.2) is 4.99 Å². The molecule has 2 aromatic rings. The fourth-order valence-electron chi connectivity index (χ4n) is 2.71. The Balaban J connectivity index is 2.04. The van der Waals surface area contributed by atoms with Crippen LogP contribution < -0.4 is 16.4 Å². The standard InChI is InChI=1S/C17H12F4N6O4/c18-13-5-4-9(6-14(13)27(30)31)17(22)23-8-12(16(19,20)21)15(25-17)24-10-2-1-3-11(7-10)26(28)29/h1-8,24-25H,22H2. The molecule has 162 valence electrons. The molecule has 0 bridgehead atoms.